The van der Waals surface area contributed by atoms with Crippen LogP contribution in [-0.4, -0.2) is 47.1 Å². The van der Waals surface area contributed by atoms with Crippen LogP contribution in [0.4, 0.5) is 5.82 Å². The van der Waals surface area contributed by atoms with E-state index in [2.05, 4.69) is 37.0 Å². The highest BCUT2D eigenvalue weighted by atomic mass is 32.1. The Balaban J connectivity index is 1.42. The summed E-state index contributed by atoms with van der Waals surface area (Å²) in [5.74, 6) is 1.13. The van der Waals surface area contributed by atoms with Crippen LogP contribution in [0.1, 0.15) is 5.56 Å². The summed E-state index contributed by atoms with van der Waals surface area (Å²) in [7, 11) is 0. The van der Waals surface area contributed by atoms with Crippen molar-refractivity contribution in [1.82, 2.24) is 14.9 Å². The molecule has 1 amide bonds. The lowest BCUT2D eigenvalue weighted by Gasteiger charge is -2.31. The quantitative estimate of drug-likeness (QED) is 0.917. The van der Waals surface area contributed by atoms with Gasteiger partial charge in [0, 0.05) is 32.0 Å². The van der Waals surface area contributed by atoms with E-state index in [1.807, 2.05) is 0 Å². The lowest BCUT2D eigenvalue weighted by Crippen LogP contribution is -2.42. The van der Waals surface area contributed by atoms with Crippen LogP contribution >= 0.6 is 11.3 Å². The van der Waals surface area contributed by atoms with Crippen LogP contribution in [0.5, 0.6) is 0 Å². The van der Waals surface area contributed by atoms with E-state index in [4.69, 9.17) is 4.74 Å². The van der Waals surface area contributed by atoms with Gasteiger partial charge in [0.25, 0.3) is 0 Å². The van der Waals surface area contributed by atoms with Gasteiger partial charge < -0.3 is 10.1 Å². The number of carbonyl (C=O) groups is 1. The van der Waals surface area contributed by atoms with Gasteiger partial charge in [-0.3, -0.25) is 14.7 Å². The number of nitrogens with zero attached hydrogens (tertiary/aromatic N) is 3. The zero-order valence-electron chi connectivity index (χ0n) is 13.3. The third kappa shape index (κ3) is 3.33. The molecule has 0 aromatic carbocycles. The van der Waals surface area contributed by atoms with Gasteiger partial charge in [0.05, 0.1) is 25.3 Å². The predicted molar refractivity (Wildman–Crippen MR) is 91.5 cm³/mol. The molecule has 2 fully saturated rings. The average Bonchev–Trinajstić information content (AvgIpc) is 3.24. The lowest BCUT2D eigenvalue weighted by atomic mass is 9.82. The second-order valence-electron chi connectivity index (χ2n) is 6.47. The Bertz CT molecular complexity index is 679. The summed E-state index contributed by atoms with van der Waals surface area (Å²) in [5, 5.41) is 7.18. The van der Waals surface area contributed by atoms with Crippen LogP contribution in [-0.2, 0) is 16.1 Å². The predicted octanol–water partition coefficient (Wildman–Crippen LogP) is 1.87. The summed E-state index contributed by atoms with van der Waals surface area (Å²) in [6.45, 7) is 4.13. The van der Waals surface area contributed by atoms with Crippen molar-refractivity contribution < 1.29 is 9.53 Å². The number of aromatic nitrogens is 2. The minimum absolute atomic E-state index is 0.0115. The molecule has 0 unspecified atom stereocenters. The molecule has 3 atom stereocenters. The van der Waals surface area contributed by atoms with Gasteiger partial charge in [0.2, 0.25) is 5.91 Å². The number of amides is 1. The zero-order chi connectivity index (χ0) is 16.4. The highest BCUT2D eigenvalue weighted by Gasteiger charge is 2.43. The number of thiophene rings is 1. The molecule has 0 bridgehead atoms. The number of fused-ring (bicyclic) bond motifs is 1. The first-order valence-electron chi connectivity index (χ1n) is 8.17. The molecule has 4 rings (SSSR count). The van der Waals surface area contributed by atoms with Gasteiger partial charge in [-0.1, -0.05) is 0 Å². The van der Waals surface area contributed by atoms with Crippen molar-refractivity contribution in [3.63, 3.8) is 0 Å². The van der Waals surface area contributed by atoms with E-state index in [9.17, 15) is 4.79 Å². The van der Waals surface area contributed by atoms with Crippen molar-refractivity contribution >= 4 is 23.1 Å². The van der Waals surface area contributed by atoms with Gasteiger partial charge in [0.1, 0.15) is 0 Å². The van der Waals surface area contributed by atoms with Gasteiger partial charge >= 0.3 is 0 Å². The average molecular weight is 344 g/mol. The fourth-order valence-electron chi connectivity index (χ4n) is 3.71. The van der Waals surface area contributed by atoms with E-state index >= 15 is 0 Å². The monoisotopic (exact) mass is 344 g/mol. The first kappa shape index (κ1) is 15.7. The molecule has 0 saturated carbocycles. The van der Waals surface area contributed by atoms with E-state index < -0.39 is 0 Å². The normalized spacial score (nSPS) is 26.9. The summed E-state index contributed by atoms with van der Waals surface area (Å²) >= 11 is 1.73. The molecule has 2 aromatic heterocycles. The van der Waals surface area contributed by atoms with Crippen molar-refractivity contribution in [1.29, 1.82) is 0 Å². The Labute approximate surface area is 144 Å². The number of likely N-dealkylation sites (tertiary alicyclic amines) is 1. The second-order valence-corrected chi connectivity index (χ2v) is 7.25. The number of hydrogen-bond donors (Lipinski definition) is 1. The van der Waals surface area contributed by atoms with Crippen LogP contribution < -0.4 is 5.32 Å². The van der Waals surface area contributed by atoms with Crippen LogP contribution in [0.3, 0.4) is 0 Å². The van der Waals surface area contributed by atoms with Crippen molar-refractivity contribution in [2.75, 3.05) is 31.6 Å². The van der Waals surface area contributed by atoms with E-state index in [-0.39, 0.29) is 11.8 Å². The molecule has 6 nitrogen and oxygen atoms in total. The molecule has 4 heterocycles. The van der Waals surface area contributed by atoms with Crippen molar-refractivity contribution in [2.24, 2.45) is 17.8 Å². The molecule has 24 heavy (non-hydrogen) atoms. The van der Waals surface area contributed by atoms with E-state index in [1.54, 1.807) is 29.9 Å². The third-order valence-electron chi connectivity index (χ3n) is 4.85. The Morgan fingerprint density at radius 3 is 3.12 bits per heavy atom. The third-order valence-corrected chi connectivity index (χ3v) is 5.58. The smallest absolute Gasteiger partial charge is 0.231 e. The van der Waals surface area contributed by atoms with Gasteiger partial charge in [0.15, 0.2) is 5.82 Å². The van der Waals surface area contributed by atoms with Crippen LogP contribution in [0.2, 0.25) is 0 Å². The van der Waals surface area contributed by atoms with Gasteiger partial charge in [-0.25, -0.2) is 4.98 Å². The summed E-state index contributed by atoms with van der Waals surface area (Å²) in [6, 6.07) is 2.17. The molecule has 0 radical (unpaired) electrons. The highest BCUT2D eigenvalue weighted by Crippen LogP contribution is 2.35. The molecule has 1 N–H and O–H groups in total. The van der Waals surface area contributed by atoms with Crippen molar-refractivity contribution in [3.05, 3.63) is 41.0 Å². The van der Waals surface area contributed by atoms with Crippen molar-refractivity contribution in [3.8, 4) is 0 Å². The number of nitrogens with one attached hydrogen (secondary N) is 1. The maximum Gasteiger partial charge on any atom is 0.231 e. The topological polar surface area (TPSA) is 67.3 Å². The van der Waals surface area contributed by atoms with E-state index in [0.717, 1.165) is 26.2 Å². The maximum atomic E-state index is 12.7. The molecule has 2 saturated heterocycles. The molecule has 2 aliphatic rings. The Morgan fingerprint density at radius 2 is 2.33 bits per heavy atom. The second kappa shape index (κ2) is 6.96. The Hall–Kier alpha value is -1.83. The summed E-state index contributed by atoms with van der Waals surface area (Å²) in [4.78, 5) is 23.2. The van der Waals surface area contributed by atoms with Gasteiger partial charge in [-0.2, -0.15) is 11.3 Å². The number of anilines is 1. The maximum absolute atomic E-state index is 12.7. The minimum atomic E-state index is -0.127. The molecule has 2 aliphatic heterocycles. The van der Waals surface area contributed by atoms with Crippen molar-refractivity contribution in [2.45, 2.75) is 6.54 Å². The van der Waals surface area contributed by atoms with E-state index in [0.29, 0.717) is 24.3 Å². The van der Waals surface area contributed by atoms with Gasteiger partial charge in [-0.15, -0.1) is 0 Å². The molecule has 0 spiro atoms. The fourth-order valence-corrected chi connectivity index (χ4v) is 4.37. The van der Waals surface area contributed by atoms with Gasteiger partial charge in [-0.05, 0) is 34.2 Å². The lowest BCUT2D eigenvalue weighted by molar-refractivity contribution is -0.128. The SMILES string of the molecule is O=C(Nc1cnccn1)[C@@H]1COC[C@@H]2CN(Cc3ccsc3)C[C@@H]21. The minimum Gasteiger partial charge on any atom is -0.380 e. The van der Waals surface area contributed by atoms with Crippen LogP contribution in [0.15, 0.2) is 35.4 Å². The summed E-state index contributed by atoms with van der Waals surface area (Å²) < 4.78 is 5.72. The number of ether oxygens (including phenoxy) is 1. The fraction of sp³-hybridized carbons (Fsp3) is 0.471. The first-order valence-corrected chi connectivity index (χ1v) is 9.12. The Kier molecular flexibility index (Phi) is 4.55. The summed E-state index contributed by atoms with van der Waals surface area (Å²) in [5.41, 5.74) is 1.35. The number of rotatable bonds is 4. The standard InChI is InChI=1S/C17H20N4O2S/c22-17(20-16-5-18-2-3-19-16)15-10-23-9-13-7-21(8-14(13)15)6-12-1-4-24-11-12/h1-5,11,13-15H,6-10H2,(H,19,20,22)/t13-,14-,15+/m0/s1. The number of hydrogen-bond acceptors (Lipinski definition) is 6. The van der Waals surface area contributed by atoms with Crippen LogP contribution in [0, 0.1) is 17.8 Å². The highest BCUT2D eigenvalue weighted by molar-refractivity contribution is 7.07. The molecule has 126 valence electrons. The van der Waals surface area contributed by atoms with Crippen LogP contribution in [0.25, 0.3) is 0 Å². The molecular formula is C17H20N4O2S. The molecule has 7 heteroatoms. The zero-order valence-corrected chi connectivity index (χ0v) is 14.1. The molecule has 2 aromatic rings. The number of carbonyl (C=O) groups excluding carboxylic acids is 1. The van der Waals surface area contributed by atoms with E-state index in [1.165, 1.54) is 5.56 Å². The summed E-state index contributed by atoms with van der Waals surface area (Å²) in [6.07, 6.45) is 4.74. The molecular weight excluding hydrogens is 324 g/mol. The largest absolute Gasteiger partial charge is 0.380 e. The first-order chi connectivity index (χ1) is 11.8. The molecule has 0 aliphatic carbocycles. The Morgan fingerprint density at radius 1 is 1.38 bits per heavy atom.